The first-order valence-corrected chi connectivity index (χ1v) is 6.91. The molecule has 0 fully saturated rings. The Morgan fingerprint density at radius 1 is 1.05 bits per heavy atom. The van der Waals surface area contributed by atoms with Crippen LogP contribution in [0.4, 0.5) is 4.39 Å². The molecule has 0 aliphatic heterocycles. The minimum Gasteiger partial charge on any atom is -0.355 e. The summed E-state index contributed by atoms with van der Waals surface area (Å²) in [7, 11) is 1.57. The lowest BCUT2D eigenvalue weighted by Crippen LogP contribution is -2.25. The number of hydrogen-bond acceptors (Lipinski definition) is 2. The number of rotatable bonds is 5. The first-order chi connectivity index (χ1) is 10.6. The van der Waals surface area contributed by atoms with Crippen molar-refractivity contribution in [1.29, 1.82) is 0 Å². The molecule has 0 spiro atoms. The Bertz CT molecular complexity index is 669. The maximum Gasteiger partial charge on any atom is 0.251 e. The van der Waals surface area contributed by atoms with Gasteiger partial charge < -0.3 is 10.6 Å². The minimum atomic E-state index is -0.382. The van der Waals surface area contributed by atoms with Gasteiger partial charge in [0.15, 0.2) is 0 Å². The predicted octanol–water partition coefficient (Wildman–Crippen LogP) is 2.04. The normalized spacial score (nSPS) is 10.1. The van der Waals surface area contributed by atoms with E-state index < -0.39 is 0 Å². The first-order valence-electron chi connectivity index (χ1n) is 6.91. The Hall–Kier alpha value is -2.69. The van der Waals surface area contributed by atoms with Crippen LogP contribution >= 0.6 is 0 Å². The molecule has 0 saturated carbocycles. The Kier molecular flexibility index (Phi) is 5.25. The number of halogens is 1. The van der Waals surface area contributed by atoms with Gasteiger partial charge in [-0.05, 0) is 29.3 Å². The van der Waals surface area contributed by atoms with Crippen LogP contribution in [0.2, 0.25) is 0 Å². The van der Waals surface area contributed by atoms with Crippen LogP contribution in [0.1, 0.15) is 21.5 Å². The highest BCUT2D eigenvalue weighted by molar-refractivity contribution is 5.93. The van der Waals surface area contributed by atoms with Crippen LogP contribution in [0.15, 0.2) is 48.5 Å². The zero-order chi connectivity index (χ0) is 15.9. The van der Waals surface area contributed by atoms with Gasteiger partial charge in [-0.3, -0.25) is 9.59 Å². The highest BCUT2D eigenvalue weighted by Crippen LogP contribution is 2.08. The largest absolute Gasteiger partial charge is 0.355 e. The van der Waals surface area contributed by atoms with E-state index in [9.17, 15) is 14.0 Å². The number of nitrogens with one attached hydrogen (secondary N) is 2. The van der Waals surface area contributed by atoms with E-state index in [4.69, 9.17) is 0 Å². The summed E-state index contributed by atoms with van der Waals surface area (Å²) in [4.78, 5) is 23.2. The molecule has 0 heterocycles. The summed E-state index contributed by atoms with van der Waals surface area (Å²) < 4.78 is 13.4. The van der Waals surface area contributed by atoms with E-state index in [1.165, 1.54) is 6.07 Å². The highest BCUT2D eigenvalue weighted by Gasteiger charge is 2.08. The molecule has 0 bridgehead atoms. The second-order valence-corrected chi connectivity index (χ2v) is 4.82. The van der Waals surface area contributed by atoms with Crippen LogP contribution in [0.25, 0.3) is 0 Å². The van der Waals surface area contributed by atoms with E-state index in [2.05, 4.69) is 10.6 Å². The Labute approximate surface area is 128 Å². The minimum absolute atomic E-state index is 0.00297. The average molecular weight is 300 g/mol. The van der Waals surface area contributed by atoms with Gasteiger partial charge in [-0.25, -0.2) is 4.39 Å². The van der Waals surface area contributed by atoms with Gasteiger partial charge in [0.2, 0.25) is 5.91 Å². The van der Waals surface area contributed by atoms with Crippen LogP contribution in [0.5, 0.6) is 0 Å². The summed E-state index contributed by atoms with van der Waals surface area (Å²) in [5.74, 6) is -0.789. The van der Waals surface area contributed by atoms with Gasteiger partial charge in [0.25, 0.3) is 5.91 Å². The van der Waals surface area contributed by atoms with Crippen molar-refractivity contribution in [2.24, 2.45) is 0 Å². The lowest BCUT2D eigenvalue weighted by molar-refractivity contribution is -0.120. The predicted molar refractivity (Wildman–Crippen MR) is 81.8 cm³/mol. The average Bonchev–Trinajstić information content (AvgIpc) is 2.55. The molecule has 0 aliphatic carbocycles. The lowest BCUT2D eigenvalue weighted by atomic mass is 10.1. The van der Waals surface area contributed by atoms with Crippen molar-refractivity contribution in [3.63, 3.8) is 0 Å². The van der Waals surface area contributed by atoms with Crippen molar-refractivity contribution in [3.8, 4) is 0 Å². The molecule has 4 nitrogen and oxygen atoms in total. The topological polar surface area (TPSA) is 58.2 Å². The van der Waals surface area contributed by atoms with E-state index in [1.807, 2.05) is 0 Å². The number of hydrogen-bond donors (Lipinski definition) is 2. The van der Waals surface area contributed by atoms with Crippen LogP contribution in [0, 0.1) is 5.82 Å². The van der Waals surface area contributed by atoms with E-state index in [1.54, 1.807) is 49.5 Å². The first kappa shape index (κ1) is 15.7. The third-order valence-electron chi connectivity index (χ3n) is 3.24. The molecule has 0 unspecified atom stereocenters. The molecule has 22 heavy (non-hydrogen) atoms. The zero-order valence-electron chi connectivity index (χ0n) is 12.2. The van der Waals surface area contributed by atoms with Crippen molar-refractivity contribution in [3.05, 3.63) is 71.0 Å². The summed E-state index contributed by atoms with van der Waals surface area (Å²) >= 11 is 0. The van der Waals surface area contributed by atoms with Crippen LogP contribution in [-0.4, -0.2) is 18.9 Å². The fourth-order valence-electron chi connectivity index (χ4n) is 2.00. The molecule has 0 aromatic heterocycles. The Balaban J connectivity index is 1.89. The van der Waals surface area contributed by atoms with Gasteiger partial charge >= 0.3 is 0 Å². The summed E-state index contributed by atoms with van der Waals surface area (Å²) in [5, 5.41) is 5.27. The Morgan fingerprint density at radius 2 is 1.73 bits per heavy atom. The second kappa shape index (κ2) is 7.36. The summed E-state index contributed by atoms with van der Waals surface area (Å²) in [6.07, 6.45) is 0.00297. The summed E-state index contributed by atoms with van der Waals surface area (Å²) in [6, 6.07) is 13.1. The molecule has 2 rings (SSSR count). The number of amides is 2. The molecule has 2 N–H and O–H groups in total. The standard InChI is InChI=1S/C17H17FN2O2/c1-19-17(22)13-8-6-12(7-9-13)11-20-16(21)10-14-4-2-3-5-15(14)18/h2-9H,10-11H2,1H3,(H,19,22)(H,20,21). The SMILES string of the molecule is CNC(=O)c1ccc(CNC(=O)Cc2ccccc2F)cc1. The summed E-state index contributed by atoms with van der Waals surface area (Å²) in [5.41, 5.74) is 1.80. The highest BCUT2D eigenvalue weighted by atomic mass is 19.1. The molecular weight excluding hydrogens is 283 g/mol. The lowest BCUT2D eigenvalue weighted by Gasteiger charge is -2.07. The van der Waals surface area contributed by atoms with Gasteiger partial charge in [-0.1, -0.05) is 30.3 Å². The smallest absolute Gasteiger partial charge is 0.251 e. The second-order valence-electron chi connectivity index (χ2n) is 4.82. The van der Waals surface area contributed by atoms with Crippen molar-refractivity contribution >= 4 is 11.8 Å². The fourth-order valence-corrected chi connectivity index (χ4v) is 2.00. The molecule has 0 atom stereocenters. The van der Waals surface area contributed by atoms with E-state index in [-0.39, 0.29) is 24.1 Å². The molecule has 0 radical (unpaired) electrons. The fraction of sp³-hybridized carbons (Fsp3) is 0.176. The number of carbonyl (C=O) groups is 2. The van der Waals surface area contributed by atoms with Crippen molar-refractivity contribution in [2.75, 3.05) is 7.05 Å². The molecule has 2 aromatic carbocycles. The quantitative estimate of drug-likeness (QED) is 0.888. The molecule has 0 aliphatic rings. The van der Waals surface area contributed by atoms with Crippen molar-refractivity contribution in [2.45, 2.75) is 13.0 Å². The van der Waals surface area contributed by atoms with Crippen LogP contribution in [-0.2, 0) is 17.8 Å². The van der Waals surface area contributed by atoms with E-state index in [0.717, 1.165) is 5.56 Å². The monoisotopic (exact) mass is 300 g/mol. The molecular formula is C17H17FN2O2. The van der Waals surface area contributed by atoms with Gasteiger partial charge in [-0.2, -0.15) is 0 Å². The van der Waals surface area contributed by atoms with Crippen LogP contribution < -0.4 is 10.6 Å². The third-order valence-corrected chi connectivity index (χ3v) is 3.24. The summed E-state index contributed by atoms with van der Waals surface area (Å²) in [6.45, 7) is 0.335. The van der Waals surface area contributed by atoms with Gasteiger partial charge in [0.1, 0.15) is 5.82 Å². The molecule has 114 valence electrons. The van der Waals surface area contributed by atoms with Gasteiger partial charge in [-0.15, -0.1) is 0 Å². The van der Waals surface area contributed by atoms with Gasteiger partial charge in [0, 0.05) is 19.2 Å². The zero-order valence-corrected chi connectivity index (χ0v) is 12.2. The van der Waals surface area contributed by atoms with Crippen molar-refractivity contribution < 1.29 is 14.0 Å². The molecule has 0 saturated heterocycles. The molecule has 2 aromatic rings. The van der Waals surface area contributed by atoms with Crippen LogP contribution in [0.3, 0.4) is 0 Å². The van der Waals surface area contributed by atoms with Crippen molar-refractivity contribution in [1.82, 2.24) is 10.6 Å². The molecule has 2 amide bonds. The van der Waals surface area contributed by atoms with Gasteiger partial charge in [0.05, 0.1) is 6.42 Å². The Morgan fingerprint density at radius 3 is 2.36 bits per heavy atom. The maximum absolute atomic E-state index is 13.4. The third kappa shape index (κ3) is 4.15. The molecule has 5 heteroatoms. The van der Waals surface area contributed by atoms with E-state index >= 15 is 0 Å². The van der Waals surface area contributed by atoms with E-state index in [0.29, 0.717) is 17.7 Å². The maximum atomic E-state index is 13.4. The number of carbonyl (C=O) groups excluding carboxylic acids is 2. The number of benzene rings is 2.